The molecule has 0 radical (unpaired) electrons. The number of nitrogens with zero attached hydrogens (tertiary/aromatic N) is 4. The Hall–Kier alpha value is -4.81. The monoisotopic (exact) mass is 499 g/mol. The van der Waals surface area contributed by atoms with Crippen LogP contribution in [0.15, 0.2) is 60.9 Å². The third-order valence-electron chi connectivity index (χ3n) is 5.08. The summed E-state index contributed by atoms with van der Waals surface area (Å²) < 4.78 is 45.2. The number of nitro groups is 1. The number of hydrogen-bond donors (Lipinski definition) is 1. The van der Waals surface area contributed by atoms with Crippen molar-refractivity contribution >= 4 is 28.9 Å². The largest absolute Gasteiger partial charge is 0.462 e. The van der Waals surface area contributed by atoms with Crippen molar-refractivity contribution < 1.29 is 32.4 Å². The summed E-state index contributed by atoms with van der Waals surface area (Å²) in [5, 5.41) is 18.3. The lowest BCUT2D eigenvalue weighted by Gasteiger charge is -2.11. The van der Waals surface area contributed by atoms with Crippen LogP contribution in [0.5, 0.6) is 0 Å². The van der Waals surface area contributed by atoms with Gasteiger partial charge in [-0.3, -0.25) is 14.9 Å². The fourth-order valence-electron chi connectivity index (χ4n) is 3.47. The van der Waals surface area contributed by atoms with Crippen LogP contribution in [-0.2, 0) is 10.9 Å². The lowest BCUT2D eigenvalue weighted by atomic mass is 10.1. The third-order valence-corrected chi connectivity index (χ3v) is 5.08. The fraction of sp³-hybridized carbons (Fsp3) is 0.130. The van der Waals surface area contributed by atoms with Crippen molar-refractivity contribution in [1.29, 1.82) is 0 Å². The van der Waals surface area contributed by atoms with E-state index in [2.05, 4.69) is 15.4 Å². The summed E-state index contributed by atoms with van der Waals surface area (Å²) in [6.45, 7) is 1.75. The number of hydrogen-bond acceptors (Lipinski definition) is 7. The molecular weight excluding hydrogens is 483 g/mol. The molecule has 10 nitrogen and oxygen atoms in total. The van der Waals surface area contributed by atoms with Crippen molar-refractivity contribution in [2.24, 2.45) is 0 Å². The summed E-state index contributed by atoms with van der Waals surface area (Å²) in [6.07, 6.45) is -2.09. The molecule has 0 bridgehead atoms. The number of halogens is 3. The molecule has 0 saturated heterocycles. The van der Waals surface area contributed by atoms with Gasteiger partial charge in [-0.1, -0.05) is 6.07 Å². The predicted molar refractivity (Wildman–Crippen MR) is 120 cm³/mol. The van der Waals surface area contributed by atoms with Crippen molar-refractivity contribution in [3.8, 4) is 11.3 Å². The number of carbonyl (C=O) groups is 2. The van der Waals surface area contributed by atoms with Crippen LogP contribution in [-0.4, -0.2) is 38.0 Å². The van der Waals surface area contributed by atoms with Crippen LogP contribution in [0.1, 0.15) is 33.2 Å². The van der Waals surface area contributed by atoms with Crippen LogP contribution in [0, 0.1) is 10.1 Å². The average molecular weight is 499 g/mol. The van der Waals surface area contributed by atoms with Crippen molar-refractivity contribution in [2.75, 3.05) is 11.9 Å². The van der Waals surface area contributed by atoms with Crippen LogP contribution >= 0.6 is 0 Å². The van der Waals surface area contributed by atoms with E-state index >= 15 is 0 Å². The van der Waals surface area contributed by atoms with Gasteiger partial charge in [0.05, 0.1) is 34.5 Å². The molecule has 0 aliphatic heterocycles. The number of aromatic nitrogens is 3. The van der Waals surface area contributed by atoms with Gasteiger partial charge in [0.25, 0.3) is 11.6 Å². The molecule has 0 fully saturated rings. The van der Waals surface area contributed by atoms with Crippen molar-refractivity contribution in [3.05, 3.63) is 87.7 Å². The normalized spacial score (nSPS) is 11.3. The number of nitro benzene ring substituents is 1. The lowest BCUT2D eigenvalue weighted by molar-refractivity contribution is -0.384. The van der Waals surface area contributed by atoms with Gasteiger partial charge >= 0.3 is 12.1 Å². The number of fused-ring (bicyclic) bond motifs is 1. The molecular formula is C23H16F3N5O5. The Morgan fingerprint density at radius 1 is 1.17 bits per heavy atom. The molecule has 4 rings (SSSR count). The number of anilines is 1. The highest BCUT2D eigenvalue weighted by Gasteiger charge is 2.31. The van der Waals surface area contributed by atoms with Crippen molar-refractivity contribution in [3.63, 3.8) is 0 Å². The molecule has 4 aromatic rings. The van der Waals surface area contributed by atoms with Gasteiger partial charge in [-0.25, -0.2) is 14.3 Å². The van der Waals surface area contributed by atoms with Gasteiger partial charge in [-0.2, -0.15) is 18.3 Å². The Morgan fingerprint density at radius 2 is 1.94 bits per heavy atom. The molecule has 0 saturated carbocycles. The highest BCUT2D eigenvalue weighted by Crippen LogP contribution is 2.33. The Balaban J connectivity index is 1.75. The zero-order valence-electron chi connectivity index (χ0n) is 18.4. The zero-order valence-corrected chi connectivity index (χ0v) is 18.4. The van der Waals surface area contributed by atoms with Crippen LogP contribution in [0.3, 0.4) is 0 Å². The van der Waals surface area contributed by atoms with Gasteiger partial charge in [0.15, 0.2) is 5.65 Å². The number of ether oxygens (including phenoxy) is 1. The van der Waals surface area contributed by atoms with E-state index < -0.39 is 28.5 Å². The first-order valence-electron chi connectivity index (χ1n) is 10.4. The van der Waals surface area contributed by atoms with Crippen molar-refractivity contribution in [2.45, 2.75) is 13.1 Å². The van der Waals surface area contributed by atoms with Gasteiger partial charge < -0.3 is 10.1 Å². The molecule has 0 unspecified atom stereocenters. The molecule has 2 heterocycles. The van der Waals surface area contributed by atoms with E-state index in [4.69, 9.17) is 4.74 Å². The van der Waals surface area contributed by atoms with Crippen LogP contribution in [0.25, 0.3) is 16.9 Å². The van der Waals surface area contributed by atoms with E-state index in [1.807, 2.05) is 0 Å². The average Bonchev–Trinajstić information content (AvgIpc) is 3.28. The maximum absolute atomic E-state index is 13.0. The van der Waals surface area contributed by atoms with Crippen LogP contribution in [0.2, 0.25) is 0 Å². The first kappa shape index (κ1) is 24.3. The maximum atomic E-state index is 13.0. The number of rotatable bonds is 6. The number of carbonyl (C=O) groups excluding carboxylic acids is 2. The molecule has 0 aliphatic carbocycles. The fourth-order valence-corrected chi connectivity index (χ4v) is 3.47. The molecule has 36 heavy (non-hydrogen) atoms. The molecule has 13 heteroatoms. The smallest absolute Gasteiger partial charge is 0.416 e. The van der Waals surface area contributed by atoms with E-state index in [9.17, 15) is 32.9 Å². The minimum Gasteiger partial charge on any atom is -0.462 e. The van der Waals surface area contributed by atoms with Crippen LogP contribution in [0.4, 0.5) is 24.5 Å². The Kier molecular flexibility index (Phi) is 6.38. The Morgan fingerprint density at radius 3 is 2.64 bits per heavy atom. The molecule has 184 valence electrons. The van der Waals surface area contributed by atoms with Gasteiger partial charge in [-0.15, -0.1) is 0 Å². The lowest BCUT2D eigenvalue weighted by Crippen LogP contribution is -2.14. The summed E-state index contributed by atoms with van der Waals surface area (Å²) in [6, 6.07) is 8.95. The Bertz CT molecular complexity index is 1500. The molecule has 0 aliphatic rings. The summed E-state index contributed by atoms with van der Waals surface area (Å²) in [5.74, 6) is -1.52. The van der Waals surface area contributed by atoms with Crippen molar-refractivity contribution in [1.82, 2.24) is 14.6 Å². The second-order valence-corrected chi connectivity index (χ2v) is 7.37. The first-order valence-corrected chi connectivity index (χ1v) is 10.4. The van der Waals surface area contributed by atoms with Gasteiger partial charge in [-0.05, 0) is 43.3 Å². The minimum atomic E-state index is -4.63. The molecule has 1 N–H and O–H groups in total. The highest BCUT2D eigenvalue weighted by molar-refractivity contribution is 6.05. The number of benzene rings is 2. The van der Waals surface area contributed by atoms with E-state index in [1.165, 1.54) is 41.2 Å². The quantitative estimate of drug-likeness (QED) is 0.230. The number of nitrogens with one attached hydrogen (secondary N) is 1. The highest BCUT2D eigenvalue weighted by atomic mass is 19.4. The summed E-state index contributed by atoms with van der Waals surface area (Å²) >= 11 is 0. The summed E-state index contributed by atoms with van der Waals surface area (Å²) in [4.78, 5) is 40.0. The molecule has 0 atom stereocenters. The molecule has 2 aromatic heterocycles. The maximum Gasteiger partial charge on any atom is 0.416 e. The summed E-state index contributed by atoms with van der Waals surface area (Å²) in [5.41, 5.74) is -1.15. The van der Waals surface area contributed by atoms with Gasteiger partial charge in [0.1, 0.15) is 5.56 Å². The molecule has 2 aromatic carbocycles. The predicted octanol–water partition coefficient (Wildman–Crippen LogP) is 4.75. The minimum absolute atomic E-state index is 0.0211. The Labute approximate surface area is 200 Å². The standard InChI is InChI=1S/C23H16F3N5O5/c1-2-36-22(33)17-12-28-30-18(8-9-27-20(17)30)16-11-15(6-7-19(16)31(34)35)29-21(32)13-4-3-5-14(10-13)23(24,25)26/h3-12H,2H2,1H3,(H,29,32). The topological polar surface area (TPSA) is 129 Å². The number of alkyl halides is 3. The molecule has 0 spiro atoms. The van der Waals surface area contributed by atoms with Gasteiger partial charge in [0, 0.05) is 23.5 Å². The second-order valence-electron chi connectivity index (χ2n) is 7.37. The van der Waals surface area contributed by atoms with E-state index in [1.54, 1.807) is 6.92 Å². The SMILES string of the molecule is CCOC(=O)c1cnn2c(-c3cc(NC(=O)c4cccc(C(F)(F)F)c4)ccc3[N+](=O)[O-])ccnc12. The third kappa shape index (κ3) is 4.71. The summed E-state index contributed by atoms with van der Waals surface area (Å²) in [7, 11) is 0. The van der Waals surface area contributed by atoms with E-state index in [0.717, 1.165) is 18.2 Å². The first-order chi connectivity index (χ1) is 17.1. The molecule has 1 amide bonds. The van der Waals surface area contributed by atoms with E-state index in [-0.39, 0.29) is 46.0 Å². The van der Waals surface area contributed by atoms with E-state index in [0.29, 0.717) is 6.07 Å². The second kappa shape index (κ2) is 9.44. The number of esters is 1. The van der Waals surface area contributed by atoms with Crippen LogP contribution < -0.4 is 5.32 Å². The number of amides is 1. The zero-order chi connectivity index (χ0) is 26.0. The van der Waals surface area contributed by atoms with Gasteiger partial charge in [0.2, 0.25) is 0 Å².